The van der Waals surface area contributed by atoms with Crippen molar-refractivity contribution in [3.8, 4) is 5.75 Å². The van der Waals surface area contributed by atoms with E-state index in [1.807, 2.05) is 12.1 Å². The fraction of sp³-hybridized carbons (Fsp3) is 0.458. The fourth-order valence-electron chi connectivity index (χ4n) is 3.60. The van der Waals surface area contributed by atoms with Crippen LogP contribution in [0.5, 0.6) is 5.75 Å². The van der Waals surface area contributed by atoms with E-state index >= 15 is 0 Å². The summed E-state index contributed by atoms with van der Waals surface area (Å²) in [6.07, 6.45) is 1.85. The van der Waals surface area contributed by atoms with Crippen LogP contribution in [-0.2, 0) is 11.3 Å². The summed E-state index contributed by atoms with van der Waals surface area (Å²) in [4.78, 5) is 14.9. The molecule has 150 valence electrons. The van der Waals surface area contributed by atoms with E-state index in [1.165, 1.54) is 22.3 Å². The van der Waals surface area contributed by atoms with Gasteiger partial charge in [0.2, 0.25) is 5.91 Å². The molecule has 0 spiro atoms. The minimum absolute atomic E-state index is 0.121. The third kappa shape index (κ3) is 5.83. The van der Waals surface area contributed by atoms with Crippen LogP contribution in [0.1, 0.15) is 35.1 Å². The van der Waals surface area contributed by atoms with E-state index in [9.17, 15) is 4.79 Å². The molecule has 0 aromatic heterocycles. The first kappa shape index (κ1) is 20.4. The average Bonchev–Trinajstić information content (AvgIpc) is 2.70. The molecular formula is C24H32N2O2. The molecule has 0 atom stereocenters. The minimum atomic E-state index is 0.121. The van der Waals surface area contributed by atoms with E-state index in [2.05, 4.69) is 61.3 Å². The van der Waals surface area contributed by atoms with Crippen molar-refractivity contribution in [3.05, 3.63) is 64.7 Å². The Bertz CT molecular complexity index is 778. The quantitative estimate of drug-likeness (QED) is 0.738. The van der Waals surface area contributed by atoms with Crippen LogP contribution < -0.4 is 10.1 Å². The van der Waals surface area contributed by atoms with Gasteiger partial charge < -0.3 is 10.1 Å². The van der Waals surface area contributed by atoms with Crippen molar-refractivity contribution in [3.63, 3.8) is 0 Å². The van der Waals surface area contributed by atoms with E-state index in [0.29, 0.717) is 13.2 Å². The SMILES string of the molecule is Cc1ccc(CN2CCC(C(=O)NCCOc3ccc(C)c(C)c3)CC2)cc1. The zero-order valence-corrected chi connectivity index (χ0v) is 17.3. The summed E-state index contributed by atoms with van der Waals surface area (Å²) in [6, 6.07) is 14.8. The lowest BCUT2D eigenvalue weighted by Crippen LogP contribution is -2.41. The monoisotopic (exact) mass is 380 g/mol. The molecule has 1 heterocycles. The van der Waals surface area contributed by atoms with Gasteiger partial charge >= 0.3 is 0 Å². The number of hydrogen-bond acceptors (Lipinski definition) is 3. The number of carbonyl (C=O) groups excluding carboxylic acids is 1. The lowest BCUT2D eigenvalue weighted by molar-refractivity contribution is -0.126. The van der Waals surface area contributed by atoms with Gasteiger partial charge in [0, 0.05) is 12.5 Å². The zero-order chi connectivity index (χ0) is 19.9. The number of carbonyl (C=O) groups is 1. The summed E-state index contributed by atoms with van der Waals surface area (Å²) in [5.41, 5.74) is 5.12. The van der Waals surface area contributed by atoms with Gasteiger partial charge in [-0.05, 0) is 75.5 Å². The van der Waals surface area contributed by atoms with E-state index in [0.717, 1.165) is 38.2 Å². The molecule has 3 rings (SSSR count). The first-order valence-corrected chi connectivity index (χ1v) is 10.3. The standard InChI is InChI=1S/C24H32N2O2/c1-18-4-7-21(8-5-18)17-26-13-10-22(11-14-26)24(27)25-12-15-28-23-9-6-19(2)20(3)16-23/h4-9,16,22H,10-15,17H2,1-3H3,(H,25,27). The van der Waals surface area contributed by atoms with Crippen molar-refractivity contribution in [1.29, 1.82) is 0 Å². The van der Waals surface area contributed by atoms with Gasteiger partial charge in [-0.25, -0.2) is 0 Å². The Balaban J connectivity index is 1.34. The lowest BCUT2D eigenvalue weighted by atomic mass is 9.95. The van der Waals surface area contributed by atoms with Crippen molar-refractivity contribution < 1.29 is 9.53 Å². The predicted molar refractivity (Wildman–Crippen MR) is 114 cm³/mol. The molecule has 4 heteroatoms. The Morgan fingerprint density at radius 1 is 1.04 bits per heavy atom. The fourth-order valence-corrected chi connectivity index (χ4v) is 3.60. The largest absolute Gasteiger partial charge is 0.492 e. The van der Waals surface area contributed by atoms with Gasteiger partial charge in [0.05, 0.1) is 6.54 Å². The number of benzene rings is 2. The highest BCUT2D eigenvalue weighted by Gasteiger charge is 2.24. The van der Waals surface area contributed by atoms with Crippen molar-refractivity contribution >= 4 is 5.91 Å². The van der Waals surface area contributed by atoms with Crippen molar-refractivity contribution in [2.75, 3.05) is 26.2 Å². The first-order chi connectivity index (χ1) is 13.5. The Labute approximate surface area is 168 Å². The second-order valence-corrected chi connectivity index (χ2v) is 7.92. The van der Waals surface area contributed by atoms with E-state index in [-0.39, 0.29) is 11.8 Å². The summed E-state index contributed by atoms with van der Waals surface area (Å²) < 4.78 is 5.75. The van der Waals surface area contributed by atoms with Gasteiger partial charge in [0.25, 0.3) is 0 Å². The third-order valence-electron chi connectivity index (χ3n) is 5.63. The molecule has 1 aliphatic heterocycles. The van der Waals surface area contributed by atoms with Gasteiger partial charge in [-0.1, -0.05) is 35.9 Å². The second kappa shape index (κ2) is 9.74. The summed E-state index contributed by atoms with van der Waals surface area (Å²) in [6.45, 7) is 10.3. The summed E-state index contributed by atoms with van der Waals surface area (Å²) in [7, 11) is 0. The van der Waals surface area contributed by atoms with E-state index < -0.39 is 0 Å². The van der Waals surface area contributed by atoms with Crippen LogP contribution >= 0.6 is 0 Å². The maximum absolute atomic E-state index is 12.4. The van der Waals surface area contributed by atoms with Gasteiger partial charge in [0.1, 0.15) is 12.4 Å². The van der Waals surface area contributed by atoms with Crippen molar-refractivity contribution in [2.24, 2.45) is 5.92 Å². The Kier molecular flexibility index (Phi) is 7.10. The third-order valence-corrected chi connectivity index (χ3v) is 5.63. The molecule has 0 radical (unpaired) electrons. The summed E-state index contributed by atoms with van der Waals surface area (Å²) in [5, 5.41) is 3.04. The van der Waals surface area contributed by atoms with Gasteiger partial charge in [-0.3, -0.25) is 9.69 Å². The lowest BCUT2D eigenvalue weighted by Gasteiger charge is -2.31. The molecular weight excluding hydrogens is 348 g/mol. The summed E-state index contributed by atoms with van der Waals surface area (Å²) >= 11 is 0. The number of likely N-dealkylation sites (tertiary alicyclic amines) is 1. The predicted octanol–water partition coefficient (Wildman–Crippen LogP) is 4.02. The van der Waals surface area contributed by atoms with Crippen LogP contribution in [0, 0.1) is 26.7 Å². The number of ether oxygens (including phenoxy) is 1. The van der Waals surface area contributed by atoms with Crippen LogP contribution in [0.15, 0.2) is 42.5 Å². The smallest absolute Gasteiger partial charge is 0.223 e. The molecule has 28 heavy (non-hydrogen) atoms. The average molecular weight is 381 g/mol. The molecule has 1 saturated heterocycles. The molecule has 0 saturated carbocycles. The van der Waals surface area contributed by atoms with Gasteiger partial charge in [-0.2, -0.15) is 0 Å². The molecule has 1 aliphatic rings. The number of piperidine rings is 1. The number of nitrogens with one attached hydrogen (secondary N) is 1. The van der Waals surface area contributed by atoms with Crippen LogP contribution in [-0.4, -0.2) is 37.0 Å². The molecule has 4 nitrogen and oxygen atoms in total. The van der Waals surface area contributed by atoms with Gasteiger partial charge in [0.15, 0.2) is 0 Å². The topological polar surface area (TPSA) is 41.6 Å². The van der Waals surface area contributed by atoms with Crippen LogP contribution in [0.3, 0.4) is 0 Å². The maximum Gasteiger partial charge on any atom is 0.223 e. The Morgan fingerprint density at radius 3 is 2.43 bits per heavy atom. The Hall–Kier alpha value is -2.33. The minimum Gasteiger partial charge on any atom is -0.492 e. The Morgan fingerprint density at radius 2 is 1.75 bits per heavy atom. The van der Waals surface area contributed by atoms with Crippen molar-refractivity contribution in [1.82, 2.24) is 10.2 Å². The van der Waals surface area contributed by atoms with E-state index in [1.54, 1.807) is 0 Å². The normalized spacial score (nSPS) is 15.4. The molecule has 1 fully saturated rings. The van der Waals surface area contributed by atoms with E-state index in [4.69, 9.17) is 4.74 Å². The molecule has 2 aromatic carbocycles. The van der Waals surface area contributed by atoms with Crippen LogP contribution in [0.2, 0.25) is 0 Å². The highest BCUT2D eigenvalue weighted by atomic mass is 16.5. The number of aryl methyl sites for hydroxylation is 3. The number of nitrogens with zero attached hydrogens (tertiary/aromatic N) is 1. The first-order valence-electron chi connectivity index (χ1n) is 10.3. The molecule has 2 aromatic rings. The molecule has 0 aliphatic carbocycles. The molecule has 0 bridgehead atoms. The molecule has 1 N–H and O–H groups in total. The maximum atomic E-state index is 12.4. The second-order valence-electron chi connectivity index (χ2n) is 7.92. The summed E-state index contributed by atoms with van der Waals surface area (Å²) in [5.74, 6) is 1.15. The van der Waals surface area contributed by atoms with Crippen LogP contribution in [0.25, 0.3) is 0 Å². The van der Waals surface area contributed by atoms with Gasteiger partial charge in [-0.15, -0.1) is 0 Å². The number of hydrogen-bond donors (Lipinski definition) is 1. The number of amides is 1. The van der Waals surface area contributed by atoms with Crippen LogP contribution in [0.4, 0.5) is 0 Å². The molecule has 1 amide bonds. The highest BCUT2D eigenvalue weighted by molar-refractivity contribution is 5.78. The van der Waals surface area contributed by atoms with Crippen molar-refractivity contribution in [2.45, 2.75) is 40.2 Å². The highest BCUT2D eigenvalue weighted by Crippen LogP contribution is 2.20. The molecule has 0 unspecified atom stereocenters. The number of rotatable bonds is 7. The zero-order valence-electron chi connectivity index (χ0n) is 17.3.